The maximum atomic E-state index is 11.1. The minimum Gasteiger partial charge on any atom is -0.481 e. The van der Waals surface area contributed by atoms with Gasteiger partial charge in [0.05, 0.1) is 5.92 Å². The topological polar surface area (TPSA) is 43.8 Å². The van der Waals surface area contributed by atoms with Crippen LogP contribution < -0.4 is 4.90 Å². The van der Waals surface area contributed by atoms with Crippen LogP contribution in [0.5, 0.6) is 0 Å². The van der Waals surface area contributed by atoms with E-state index in [2.05, 4.69) is 34.1 Å². The molecule has 1 aromatic rings. The highest BCUT2D eigenvalue weighted by molar-refractivity contribution is 5.71. The first kappa shape index (κ1) is 13.9. The van der Waals surface area contributed by atoms with Crippen LogP contribution in [-0.2, 0) is 11.3 Å². The fraction of sp³-hybridized carbons (Fsp3) is 0.533. The summed E-state index contributed by atoms with van der Waals surface area (Å²) in [4.78, 5) is 15.4. The zero-order valence-electron chi connectivity index (χ0n) is 11.8. The SMILES string of the molecule is C[C@@H]1CN(Cc2ccc(N(C)C)cc2)C[C@H]1C(=O)O. The quantitative estimate of drug-likeness (QED) is 0.900. The Morgan fingerprint density at radius 1 is 1.32 bits per heavy atom. The van der Waals surface area contributed by atoms with Gasteiger partial charge in [-0.25, -0.2) is 0 Å². The van der Waals surface area contributed by atoms with Crippen molar-refractivity contribution in [2.24, 2.45) is 11.8 Å². The normalized spacial score (nSPS) is 23.5. The summed E-state index contributed by atoms with van der Waals surface area (Å²) in [5.41, 5.74) is 2.42. The first-order valence-corrected chi connectivity index (χ1v) is 6.69. The number of carbonyl (C=O) groups is 1. The van der Waals surface area contributed by atoms with Crippen molar-refractivity contribution >= 4 is 11.7 Å². The van der Waals surface area contributed by atoms with Crippen LogP contribution in [0.4, 0.5) is 5.69 Å². The molecule has 0 aromatic heterocycles. The first-order chi connectivity index (χ1) is 8.97. The number of hydrogen-bond acceptors (Lipinski definition) is 3. The van der Waals surface area contributed by atoms with Gasteiger partial charge >= 0.3 is 5.97 Å². The van der Waals surface area contributed by atoms with Gasteiger partial charge in [0.15, 0.2) is 0 Å². The molecule has 0 aliphatic carbocycles. The molecule has 0 radical (unpaired) electrons. The minimum atomic E-state index is -0.669. The van der Waals surface area contributed by atoms with E-state index in [1.54, 1.807) is 0 Å². The number of nitrogens with zero attached hydrogens (tertiary/aromatic N) is 2. The van der Waals surface area contributed by atoms with Crippen molar-refractivity contribution in [1.29, 1.82) is 0 Å². The smallest absolute Gasteiger partial charge is 0.308 e. The van der Waals surface area contributed by atoms with Gasteiger partial charge in [-0.05, 0) is 23.6 Å². The Labute approximate surface area is 114 Å². The third-order valence-electron chi connectivity index (χ3n) is 3.86. The molecule has 104 valence electrons. The van der Waals surface area contributed by atoms with Gasteiger partial charge in [0.1, 0.15) is 0 Å². The number of aliphatic carboxylic acids is 1. The van der Waals surface area contributed by atoms with E-state index < -0.39 is 5.97 Å². The number of carboxylic acid groups (broad SMARTS) is 1. The van der Waals surface area contributed by atoms with Crippen molar-refractivity contribution in [2.45, 2.75) is 13.5 Å². The van der Waals surface area contributed by atoms with Gasteiger partial charge in [-0.2, -0.15) is 0 Å². The van der Waals surface area contributed by atoms with E-state index in [0.29, 0.717) is 6.54 Å². The number of hydrogen-bond donors (Lipinski definition) is 1. The average Bonchev–Trinajstić information content (AvgIpc) is 2.71. The van der Waals surface area contributed by atoms with E-state index in [4.69, 9.17) is 5.11 Å². The van der Waals surface area contributed by atoms with Crippen LogP contribution >= 0.6 is 0 Å². The van der Waals surface area contributed by atoms with Crippen molar-refractivity contribution in [3.8, 4) is 0 Å². The zero-order chi connectivity index (χ0) is 14.0. The van der Waals surface area contributed by atoms with E-state index in [9.17, 15) is 4.79 Å². The average molecular weight is 262 g/mol. The zero-order valence-corrected chi connectivity index (χ0v) is 11.8. The Kier molecular flexibility index (Phi) is 4.10. The summed E-state index contributed by atoms with van der Waals surface area (Å²) < 4.78 is 0. The van der Waals surface area contributed by atoms with E-state index >= 15 is 0 Å². The number of benzene rings is 1. The largest absolute Gasteiger partial charge is 0.481 e. The number of likely N-dealkylation sites (tertiary alicyclic amines) is 1. The Balaban J connectivity index is 1.97. The fourth-order valence-electron chi connectivity index (χ4n) is 2.68. The Hall–Kier alpha value is -1.55. The van der Waals surface area contributed by atoms with Crippen molar-refractivity contribution in [3.63, 3.8) is 0 Å². The van der Waals surface area contributed by atoms with Gasteiger partial charge in [-0.15, -0.1) is 0 Å². The third kappa shape index (κ3) is 3.26. The molecule has 1 N–H and O–H groups in total. The highest BCUT2D eigenvalue weighted by Crippen LogP contribution is 2.25. The predicted octanol–water partition coefficient (Wildman–Crippen LogP) is 1.91. The lowest BCUT2D eigenvalue weighted by Gasteiger charge is -2.17. The van der Waals surface area contributed by atoms with E-state index in [1.165, 1.54) is 11.3 Å². The van der Waals surface area contributed by atoms with Crippen LogP contribution in [0.15, 0.2) is 24.3 Å². The minimum absolute atomic E-state index is 0.221. The molecule has 0 saturated carbocycles. The van der Waals surface area contributed by atoms with E-state index in [1.807, 2.05) is 21.0 Å². The third-order valence-corrected chi connectivity index (χ3v) is 3.86. The number of carboxylic acids is 1. The lowest BCUT2D eigenvalue weighted by Crippen LogP contribution is -2.23. The molecule has 1 saturated heterocycles. The molecule has 0 bridgehead atoms. The molecular weight excluding hydrogens is 240 g/mol. The number of anilines is 1. The molecule has 0 spiro atoms. The summed E-state index contributed by atoms with van der Waals surface area (Å²) in [7, 11) is 4.04. The highest BCUT2D eigenvalue weighted by Gasteiger charge is 2.34. The maximum Gasteiger partial charge on any atom is 0.308 e. The van der Waals surface area contributed by atoms with Gasteiger partial charge in [0.2, 0.25) is 0 Å². The first-order valence-electron chi connectivity index (χ1n) is 6.69. The van der Waals surface area contributed by atoms with Gasteiger partial charge in [-0.3, -0.25) is 9.69 Å². The van der Waals surface area contributed by atoms with Crippen LogP contribution in [0.3, 0.4) is 0 Å². The Bertz CT molecular complexity index is 442. The molecule has 19 heavy (non-hydrogen) atoms. The molecule has 4 heteroatoms. The standard InChI is InChI=1S/C15H22N2O2/c1-11-8-17(10-14(11)15(18)19)9-12-4-6-13(7-5-12)16(2)3/h4-7,11,14H,8-10H2,1-3H3,(H,18,19)/t11-,14-/m1/s1. The second-order valence-corrected chi connectivity index (χ2v) is 5.68. The van der Waals surface area contributed by atoms with Gasteiger partial charge in [0, 0.05) is 39.4 Å². The second-order valence-electron chi connectivity index (χ2n) is 5.68. The maximum absolute atomic E-state index is 11.1. The lowest BCUT2D eigenvalue weighted by molar-refractivity contribution is -0.142. The summed E-state index contributed by atoms with van der Waals surface area (Å²) in [6, 6.07) is 8.44. The molecule has 2 rings (SSSR count). The van der Waals surface area contributed by atoms with Crippen LogP contribution in [0.1, 0.15) is 12.5 Å². The second kappa shape index (κ2) is 5.61. The summed E-state index contributed by atoms with van der Waals surface area (Å²) in [5, 5.41) is 9.13. The molecule has 0 amide bonds. The van der Waals surface area contributed by atoms with Crippen LogP contribution in [0, 0.1) is 11.8 Å². The van der Waals surface area contributed by atoms with Crippen LogP contribution in [0.2, 0.25) is 0 Å². The molecule has 0 unspecified atom stereocenters. The molecule has 1 aliphatic heterocycles. The predicted molar refractivity (Wildman–Crippen MR) is 76.3 cm³/mol. The summed E-state index contributed by atoms with van der Waals surface area (Å²) in [5.74, 6) is -0.655. The molecule has 1 fully saturated rings. The van der Waals surface area contributed by atoms with E-state index in [0.717, 1.165) is 13.1 Å². The molecular formula is C15H22N2O2. The number of rotatable bonds is 4. The summed E-state index contributed by atoms with van der Waals surface area (Å²) in [6.45, 7) is 4.38. The van der Waals surface area contributed by atoms with Crippen molar-refractivity contribution in [3.05, 3.63) is 29.8 Å². The van der Waals surface area contributed by atoms with Gasteiger partial charge in [-0.1, -0.05) is 19.1 Å². The summed E-state index contributed by atoms with van der Waals surface area (Å²) >= 11 is 0. The van der Waals surface area contributed by atoms with Gasteiger partial charge in [0.25, 0.3) is 0 Å². The van der Waals surface area contributed by atoms with Crippen molar-refractivity contribution in [1.82, 2.24) is 4.90 Å². The van der Waals surface area contributed by atoms with E-state index in [-0.39, 0.29) is 11.8 Å². The van der Waals surface area contributed by atoms with Crippen molar-refractivity contribution < 1.29 is 9.90 Å². The highest BCUT2D eigenvalue weighted by atomic mass is 16.4. The molecule has 1 aliphatic rings. The molecule has 1 heterocycles. The van der Waals surface area contributed by atoms with Crippen LogP contribution in [-0.4, -0.2) is 43.2 Å². The monoisotopic (exact) mass is 262 g/mol. The summed E-state index contributed by atoms with van der Waals surface area (Å²) in [6.07, 6.45) is 0. The Morgan fingerprint density at radius 2 is 1.95 bits per heavy atom. The fourth-order valence-corrected chi connectivity index (χ4v) is 2.68. The van der Waals surface area contributed by atoms with Crippen molar-refractivity contribution in [2.75, 3.05) is 32.1 Å². The van der Waals surface area contributed by atoms with Crippen LogP contribution in [0.25, 0.3) is 0 Å². The molecule has 4 nitrogen and oxygen atoms in total. The van der Waals surface area contributed by atoms with Gasteiger partial charge < -0.3 is 10.0 Å². The molecule has 2 atom stereocenters. The lowest BCUT2D eigenvalue weighted by atomic mass is 9.99. The Morgan fingerprint density at radius 3 is 2.42 bits per heavy atom. The molecule has 1 aromatic carbocycles.